The Morgan fingerprint density at radius 1 is 1.41 bits per heavy atom. The number of carbonyl (C=O) groups excluding carboxylic acids is 1. The number of ether oxygens (including phenoxy) is 1. The molecule has 0 bridgehead atoms. The number of rotatable bonds is 3. The standard InChI is InChI=1S/C11H13N3O3/c1-8(2)7-16-11(15)17-14-10-6-4-3-5-9(10)12-13-14/h3-6,8H,7H2,1-2H3. The van der Waals surface area contributed by atoms with Gasteiger partial charge in [-0.25, -0.2) is 4.79 Å². The lowest BCUT2D eigenvalue weighted by atomic mass is 10.2. The van der Waals surface area contributed by atoms with Crippen LogP contribution in [0, 0.1) is 5.92 Å². The summed E-state index contributed by atoms with van der Waals surface area (Å²) in [6, 6.07) is 7.18. The van der Waals surface area contributed by atoms with Gasteiger partial charge in [0.05, 0.1) is 6.61 Å². The van der Waals surface area contributed by atoms with Crippen LogP contribution < -0.4 is 4.84 Å². The molecule has 0 amide bonds. The second-order valence-corrected chi connectivity index (χ2v) is 4.00. The van der Waals surface area contributed by atoms with Crippen LogP contribution in [0.25, 0.3) is 11.0 Å². The molecule has 0 aliphatic rings. The van der Waals surface area contributed by atoms with Gasteiger partial charge in [0.15, 0.2) is 0 Å². The molecule has 0 atom stereocenters. The summed E-state index contributed by atoms with van der Waals surface area (Å²) in [7, 11) is 0. The molecule has 2 rings (SSSR count). The van der Waals surface area contributed by atoms with Crippen LogP contribution in [0.15, 0.2) is 24.3 Å². The molecule has 1 aromatic carbocycles. The summed E-state index contributed by atoms with van der Waals surface area (Å²) in [4.78, 5) is 17.3. The normalized spacial score (nSPS) is 10.8. The van der Waals surface area contributed by atoms with Crippen LogP contribution in [0.3, 0.4) is 0 Å². The molecule has 0 unspecified atom stereocenters. The first-order valence-corrected chi connectivity index (χ1v) is 5.32. The lowest BCUT2D eigenvalue weighted by molar-refractivity contribution is 0.0330. The van der Waals surface area contributed by atoms with Crippen LogP contribution in [0.1, 0.15) is 13.8 Å². The Morgan fingerprint density at radius 2 is 2.18 bits per heavy atom. The first-order chi connectivity index (χ1) is 8.16. The molecule has 1 heterocycles. The number of benzene rings is 1. The monoisotopic (exact) mass is 235 g/mol. The van der Waals surface area contributed by atoms with Gasteiger partial charge in [0.2, 0.25) is 0 Å². The number of hydrogen-bond donors (Lipinski definition) is 0. The molecular weight excluding hydrogens is 222 g/mol. The fraction of sp³-hybridized carbons (Fsp3) is 0.364. The molecule has 17 heavy (non-hydrogen) atoms. The van der Waals surface area contributed by atoms with E-state index < -0.39 is 6.16 Å². The van der Waals surface area contributed by atoms with Gasteiger partial charge in [-0.05, 0) is 23.3 Å². The average Bonchev–Trinajstić information content (AvgIpc) is 2.70. The lowest BCUT2D eigenvalue weighted by Gasteiger charge is -2.06. The third kappa shape index (κ3) is 2.72. The molecule has 0 saturated heterocycles. The predicted molar refractivity (Wildman–Crippen MR) is 60.3 cm³/mol. The van der Waals surface area contributed by atoms with E-state index in [0.29, 0.717) is 17.6 Å². The smallest absolute Gasteiger partial charge is 0.432 e. The van der Waals surface area contributed by atoms with E-state index >= 15 is 0 Å². The van der Waals surface area contributed by atoms with Crippen molar-refractivity contribution in [2.24, 2.45) is 5.92 Å². The highest BCUT2D eigenvalue weighted by molar-refractivity contribution is 5.74. The van der Waals surface area contributed by atoms with Gasteiger partial charge in [-0.15, -0.1) is 5.10 Å². The fourth-order valence-corrected chi connectivity index (χ4v) is 1.25. The lowest BCUT2D eigenvalue weighted by Crippen LogP contribution is -2.23. The number of hydrogen-bond acceptors (Lipinski definition) is 5. The third-order valence-electron chi connectivity index (χ3n) is 2.02. The number of nitrogens with zero attached hydrogens (tertiary/aromatic N) is 3. The van der Waals surface area contributed by atoms with Gasteiger partial charge in [0, 0.05) is 0 Å². The van der Waals surface area contributed by atoms with Gasteiger partial charge < -0.3 is 4.74 Å². The number of aromatic nitrogens is 3. The predicted octanol–water partition coefficient (Wildman–Crippen LogP) is 1.65. The van der Waals surface area contributed by atoms with Gasteiger partial charge in [-0.1, -0.05) is 30.8 Å². The summed E-state index contributed by atoms with van der Waals surface area (Å²) < 4.78 is 4.88. The van der Waals surface area contributed by atoms with E-state index in [-0.39, 0.29) is 5.92 Å². The van der Waals surface area contributed by atoms with Crippen molar-refractivity contribution in [3.63, 3.8) is 0 Å². The molecule has 0 radical (unpaired) electrons. The largest absolute Gasteiger partial charge is 0.535 e. The SMILES string of the molecule is CC(C)COC(=O)On1nnc2ccccc21. The highest BCUT2D eigenvalue weighted by atomic mass is 16.8. The van der Waals surface area contributed by atoms with Gasteiger partial charge in [-0.3, -0.25) is 4.84 Å². The van der Waals surface area contributed by atoms with Crippen molar-refractivity contribution in [1.29, 1.82) is 0 Å². The van der Waals surface area contributed by atoms with Crippen LogP contribution in [0.5, 0.6) is 0 Å². The Bertz CT molecular complexity index is 521. The molecule has 0 aliphatic heterocycles. The van der Waals surface area contributed by atoms with E-state index in [2.05, 4.69) is 10.3 Å². The van der Waals surface area contributed by atoms with Crippen LogP contribution >= 0.6 is 0 Å². The van der Waals surface area contributed by atoms with E-state index in [4.69, 9.17) is 9.57 Å². The van der Waals surface area contributed by atoms with Crippen LogP contribution in [0.2, 0.25) is 0 Å². The molecule has 0 spiro atoms. The van der Waals surface area contributed by atoms with Crippen LogP contribution in [-0.4, -0.2) is 27.9 Å². The van der Waals surface area contributed by atoms with Crippen molar-refractivity contribution < 1.29 is 14.4 Å². The molecular formula is C11H13N3O3. The van der Waals surface area contributed by atoms with Gasteiger partial charge in [-0.2, -0.15) is 0 Å². The summed E-state index contributed by atoms with van der Waals surface area (Å²) in [5, 5.41) is 7.55. The van der Waals surface area contributed by atoms with Crippen LogP contribution in [-0.2, 0) is 4.74 Å². The molecule has 0 saturated carbocycles. The average molecular weight is 235 g/mol. The molecule has 0 fully saturated rings. The minimum atomic E-state index is -0.783. The summed E-state index contributed by atoms with van der Waals surface area (Å²) >= 11 is 0. The Hall–Kier alpha value is -2.11. The highest BCUT2D eigenvalue weighted by Gasteiger charge is 2.11. The first kappa shape index (κ1) is 11.4. The summed E-state index contributed by atoms with van der Waals surface area (Å²) in [5.74, 6) is 0.259. The maximum atomic E-state index is 11.3. The van der Waals surface area contributed by atoms with Gasteiger partial charge >= 0.3 is 6.16 Å². The Labute approximate surface area is 98.1 Å². The van der Waals surface area contributed by atoms with Crippen molar-refractivity contribution in [3.8, 4) is 0 Å². The maximum absolute atomic E-state index is 11.3. The second-order valence-electron chi connectivity index (χ2n) is 4.00. The fourth-order valence-electron chi connectivity index (χ4n) is 1.25. The summed E-state index contributed by atoms with van der Waals surface area (Å²) in [6.07, 6.45) is -0.783. The third-order valence-corrected chi connectivity index (χ3v) is 2.02. The quantitative estimate of drug-likeness (QED) is 0.597. The van der Waals surface area contributed by atoms with E-state index in [1.54, 1.807) is 12.1 Å². The highest BCUT2D eigenvalue weighted by Crippen LogP contribution is 2.08. The molecule has 6 nitrogen and oxygen atoms in total. The first-order valence-electron chi connectivity index (χ1n) is 5.32. The summed E-state index contributed by atoms with van der Waals surface area (Å²) in [5.41, 5.74) is 1.28. The van der Waals surface area contributed by atoms with E-state index in [1.165, 1.54) is 0 Å². The second kappa shape index (κ2) is 4.82. The Kier molecular flexibility index (Phi) is 3.22. The molecule has 90 valence electrons. The molecule has 0 aliphatic carbocycles. The zero-order chi connectivity index (χ0) is 12.3. The zero-order valence-electron chi connectivity index (χ0n) is 9.66. The van der Waals surface area contributed by atoms with Crippen molar-refractivity contribution in [2.45, 2.75) is 13.8 Å². The van der Waals surface area contributed by atoms with E-state index in [1.807, 2.05) is 26.0 Å². The number of para-hydroxylation sites is 1. The Balaban J connectivity index is 2.06. The Morgan fingerprint density at radius 3 is 2.94 bits per heavy atom. The molecule has 6 heteroatoms. The zero-order valence-corrected chi connectivity index (χ0v) is 9.66. The number of carbonyl (C=O) groups is 1. The van der Waals surface area contributed by atoms with Crippen molar-refractivity contribution in [3.05, 3.63) is 24.3 Å². The van der Waals surface area contributed by atoms with Crippen molar-refractivity contribution in [1.82, 2.24) is 15.2 Å². The van der Waals surface area contributed by atoms with E-state index in [0.717, 1.165) is 4.85 Å². The topological polar surface area (TPSA) is 66.2 Å². The summed E-state index contributed by atoms with van der Waals surface area (Å²) in [6.45, 7) is 4.20. The minimum Gasteiger partial charge on any atom is -0.432 e. The number of fused-ring (bicyclic) bond motifs is 1. The maximum Gasteiger partial charge on any atom is 0.535 e. The van der Waals surface area contributed by atoms with Gasteiger partial charge in [0.25, 0.3) is 0 Å². The van der Waals surface area contributed by atoms with Crippen molar-refractivity contribution >= 4 is 17.2 Å². The molecule has 2 aromatic rings. The van der Waals surface area contributed by atoms with Gasteiger partial charge in [0.1, 0.15) is 11.0 Å². The van der Waals surface area contributed by atoms with Crippen molar-refractivity contribution in [2.75, 3.05) is 6.61 Å². The van der Waals surface area contributed by atoms with E-state index in [9.17, 15) is 4.79 Å². The minimum absolute atomic E-state index is 0.259. The van der Waals surface area contributed by atoms with Crippen LogP contribution in [0.4, 0.5) is 4.79 Å². The molecule has 0 N–H and O–H groups in total. The molecule has 1 aromatic heterocycles.